The van der Waals surface area contributed by atoms with E-state index in [0.29, 0.717) is 0 Å². The van der Waals surface area contributed by atoms with E-state index >= 15 is 0 Å². The predicted molar refractivity (Wildman–Crippen MR) is 101 cm³/mol. The van der Waals surface area contributed by atoms with Crippen LogP contribution in [-0.4, -0.2) is 31.2 Å². The molecule has 0 aromatic heterocycles. The smallest absolute Gasteiger partial charge is 0.298 e. The summed E-state index contributed by atoms with van der Waals surface area (Å²) in [6.45, 7) is 2.45. The molecular weight excluding hydrogens is 329 g/mol. The molecule has 5 heteroatoms. The van der Waals surface area contributed by atoms with Crippen LogP contribution in [0.25, 0.3) is 5.57 Å². The minimum Gasteiger partial charge on any atom is -0.298 e. The van der Waals surface area contributed by atoms with E-state index < -0.39 is 6.43 Å². The van der Waals surface area contributed by atoms with Crippen molar-refractivity contribution >= 4 is 17.7 Å². The Kier molecular flexibility index (Phi) is 4.61. The summed E-state index contributed by atoms with van der Waals surface area (Å²) in [7, 11) is 0. The van der Waals surface area contributed by atoms with Crippen molar-refractivity contribution in [3.8, 4) is 5.97 Å². The number of rotatable bonds is 4. The third kappa shape index (κ3) is 3.18. The number of alkyl halides is 2. The fourth-order valence-corrected chi connectivity index (χ4v) is 4.12. The maximum absolute atomic E-state index is 12.9. The zero-order chi connectivity index (χ0) is 18.1. The normalized spacial score (nSPS) is 19.5. The van der Waals surface area contributed by atoms with Gasteiger partial charge in [-0.25, -0.2) is 14.0 Å². The fourth-order valence-electron chi connectivity index (χ4n) is 4.12. The molecule has 0 spiro atoms. The van der Waals surface area contributed by atoms with Crippen LogP contribution in [0.1, 0.15) is 35.5 Å². The minimum atomic E-state index is -2.42. The van der Waals surface area contributed by atoms with Gasteiger partial charge in [-0.3, -0.25) is 4.90 Å². The number of nitrogens with zero attached hydrogens (tertiary/aromatic N) is 2. The Hall–Kier alpha value is -2.45. The molecule has 2 aromatic rings. The molecule has 0 saturated carbocycles. The van der Waals surface area contributed by atoms with E-state index in [1.165, 1.54) is 17.2 Å². The van der Waals surface area contributed by atoms with Crippen molar-refractivity contribution in [1.29, 1.82) is 5.26 Å². The predicted octanol–water partition coefficient (Wildman–Crippen LogP) is 3.81. The van der Waals surface area contributed by atoms with E-state index in [1.54, 1.807) is 12.1 Å². The van der Waals surface area contributed by atoms with Crippen LogP contribution in [0.3, 0.4) is 0 Å². The molecule has 0 N–H and O–H groups in total. The Morgan fingerprint density at radius 2 is 2.04 bits per heavy atom. The van der Waals surface area contributed by atoms with Gasteiger partial charge < -0.3 is 0 Å². The second kappa shape index (κ2) is 7.05. The summed E-state index contributed by atoms with van der Waals surface area (Å²) < 4.78 is 25.9. The number of likely N-dealkylation sites (tertiary alicyclic amines) is 1. The topological polar surface area (TPSA) is 27.0 Å². The van der Waals surface area contributed by atoms with Crippen LogP contribution in [0.2, 0.25) is 0 Å². The maximum Gasteiger partial charge on any atom is 0.326 e. The van der Waals surface area contributed by atoms with E-state index in [2.05, 4.69) is 22.9 Å². The van der Waals surface area contributed by atoms with Gasteiger partial charge in [0.15, 0.2) is 0 Å². The molecule has 0 bridgehead atoms. The summed E-state index contributed by atoms with van der Waals surface area (Å²) in [5, 5.41) is 9.38. The summed E-state index contributed by atoms with van der Waals surface area (Å²) in [6.07, 6.45) is -1.45. The van der Waals surface area contributed by atoms with Gasteiger partial charge in [-0.2, -0.15) is 0 Å². The second-order valence-electron chi connectivity index (χ2n) is 7.08. The van der Waals surface area contributed by atoms with Gasteiger partial charge >= 0.3 is 6.71 Å². The third-order valence-electron chi connectivity index (χ3n) is 5.45. The van der Waals surface area contributed by atoms with E-state index in [9.17, 15) is 14.0 Å². The minimum absolute atomic E-state index is 0.102. The van der Waals surface area contributed by atoms with Crippen LogP contribution in [0.4, 0.5) is 8.78 Å². The Balaban J connectivity index is 1.47. The van der Waals surface area contributed by atoms with Gasteiger partial charge in [0.1, 0.15) is 0 Å². The van der Waals surface area contributed by atoms with Gasteiger partial charge in [0.2, 0.25) is 0 Å². The molecule has 26 heavy (non-hydrogen) atoms. The molecule has 2 nitrogen and oxygen atoms in total. The first-order chi connectivity index (χ1) is 12.7. The first-order valence-corrected chi connectivity index (χ1v) is 8.95. The molecule has 2 heterocycles. The molecule has 0 aliphatic carbocycles. The molecule has 1 saturated heterocycles. The second-order valence-corrected chi connectivity index (χ2v) is 7.08. The van der Waals surface area contributed by atoms with Crippen LogP contribution in [0.15, 0.2) is 54.5 Å². The number of fused-ring (bicyclic) bond motifs is 1. The van der Waals surface area contributed by atoms with E-state index in [1.807, 2.05) is 24.3 Å². The lowest BCUT2D eigenvalue weighted by atomic mass is 9.48. The molecule has 0 amide bonds. The molecule has 1 unspecified atom stereocenters. The van der Waals surface area contributed by atoms with Gasteiger partial charge in [-0.05, 0) is 41.6 Å². The summed E-state index contributed by atoms with van der Waals surface area (Å²) in [5.41, 5.74) is 4.56. The monoisotopic (exact) mass is 348 g/mol. The number of benzene rings is 2. The van der Waals surface area contributed by atoms with Crippen LogP contribution in [-0.2, 0) is 0 Å². The number of hydrogen-bond donors (Lipinski definition) is 0. The first-order valence-electron chi connectivity index (χ1n) is 8.95. The average molecular weight is 348 g/mol. The molecule has 0 radical (unpaired) electrons. The molecular formula is C21H19BF2N2. The summed E-state index contributed by atoms with van der Waals surface area (Å²) in [5.74, 6) is 4.71. The SMILES string of the molecule is N#CB1C=C(CN2CCC(c3cccc(C(F)F)c3)C2)c2ccccc21. The van der Waals surface area contributed by atoms with Gasteiger partial charge in [0, 0.05) is 24.6 Å². The molecule has 2 aromatic carbocycles. The highest BCUT2D eigenvalue weighted by molar-refractivity contribution is 6.87. The molecule has 130 valence electrons. The van der Waals surface area contributed by atoms with Crippen molar-refractivity contribution in [1.82, 2.24) is 4.90 Å². The van der Waals surface area contributed by atoms with Crippen molar-refractivity contribution in [2.45, 2.75) is 18.8 Å². The van der Waals surface area contributed by atoms with Crippen LogP contribution in [0, 0.1) is 11.2 Å². The standard InChI is InChI=1S/C21H19BF2N2/c23-21(24)16-5-3-4-15(10-16)17-8-9-26(12-17)13-18-11-22(14-25)20-7-2-1-6-19(18)20/h1-7,10-11,17,21H,8-9,12-13H2. The van der Waals surface area contributed by atoms with Crippen molar-refractivity contribution in [3.63, 3.8) is 0 Å². The van der Waals surface area contributed by atoms with Crippen LogP contribution >= 0.6 is 0 Å². The lowest BCUT2D eigenvalue weighted by Gasteiger charge is -2.18. The third-order valence-corrected chi connectivity index (χ3v) is 5.45. The zero-order valence-electron chi connectivity index (χ0n) is 14.4. The van der Waals surface area contributed by atoms with Gasteiger partial charge in [-0.1, -0.05) is 53.9 Å². The Morgan fingerprint density at radius 3 is 2.85 bits per heavy atom. The molecule has 1 fully saturated rings. The highest BCUT2D eigenvalue weighted by Crippen LogP contribution is 2.31. The lowest BCUT2D eigenvalue weighted by Crippen LogP contribution is -2.25. The highest BCUT2D eigenvalue weighted by atomic mass is 19.3. The van der Waals surface area contributed by atoms with E-state index in [0.717, 1.165) is 37.1 Å². The van der Waals surface area contributed by atoms with Gasteiger partial charge in [-0.15, -0.1) is 0 Å². The largest absolute Gasteiger partial charge is 0.326 e. The Morgan fingerprint density at radius 1 is 1.19 bits per heavy atom. The quantitative estimate of drug-likeness (QED) is 0.786. The van der Waals surface area contributed by atoms with Crippen molar-refractivity contribution in [2.75, 3.05) is 19.6 Å². The number of halogens is 2. The lowest BCUT2D eigenvalue weighted by molar-refractivity contribution is 0.151. The molecule has 2 aliphatic rings. The zero-order valence-corrected chi connectivity index (χ0v) is 14.4. The van der Waals surface area contributed by atoms with Crippen molar-refractivity contribution in [3.05, 3.63) is 71.2 Å². The summed E-state index contributed by atoms with van der Waals surface area (Å²) in [6, 6.07) is 14.9. The molecule has 2 aliphatic heterocycles. The average Bonchev–Trinajstić information content (AvgIpc) is 3.27. The Labute approximate surface area is 152 Å². The Bertz CT molecular complexity index is 888. The highest BCUT2D eigenvalue weighted by Gasteiger charge is 2.30. The maximum atomic E-state index is 12.9. The number of nitriles is 1. The van der Waals surface area contributed by atoms with Crippen molar-refractivity contribution < 1.29 is 8.78 Å². The fraction of sp³-hybridized carbons (Fsp3) is 0.286. The van der Waals surface area contributed by atoms with E-state index in [-0.39, 0.29) is 18.2 Å². The van der Waals surface area contributed by atoms with Gasteiger partial charge in [0.25, 0.3) is 6.43 Å². The van der Waals surface area contributed by atoms with Crippen LogP contribution in [0.5, 0.6) is 0 Å². The van der Waals surface area contributed by atoms with Gasteiger partial charge in [0.05, 0.1) is 0 Å². The summed E-state index contributed by atoms with van der Waals surface area (Å²) in [4.78, 5) is 2.36. The molecule has 1 atom stereocenters. The van der Waals surface area contributed by atoms with Crippen molar-refractivity contribution in [2.24, 2.45) is 0 Å². The molecule has 4 rings (SSSR count). The number of hydrogen-bond acceptors (Lipinski definition) is 2. The summed E-state index contributed by atoms with van der Waals surface area (Å²) >= 11 is 0. The first kappa shape index (κ1) is 17.0. The van der Waals surface area contributed by atoms with Crippen LogP contribution < -0.4 is 5.46 Å². The van der Waals surface area contributed by atoms with E-state index in [4.69, 9.17) is 0 Å².